The summed E-state index contributed by atoms with van der Waals surface area (Å²) >= 11 is 0. The lowest BCUT2D eigenvalue weighted by Gasteiger charge is -2.17. The maximum Gasteiger partial charge on any atom is 0.155 e. The van der Waals surface area contributed by atoms with Crippen LogP contribution in [0.15, 0.2) is 0 Å². The van der Waals surface area contributed by atoms with Gasteiger partial charge in [0.1, 0.15) is 5.82 Å². The Morgan fingerprint density at radius 1 is 1.06 bits per heavy atom. The molecule has 1 rings (SSSR count). The summed E-state index contributed by atoms with van der Waals surface area (Å²) in [7, 11) is 3.92. The molecule has 0 fully saturated rings. The van der Waals surface area contributed by atoms with Crippen molar-refractivity contribution in [3.8, 4) is 0 Å². The highest BCUT2D eigenvalue weighted by molar-refractivity contribution is 5.64. The average molecular weight is 222 g/mol. The monoisotopic (exact) mass is 222 g/mol. The molecule has 0 aliphatic carbocycles. The summed E-state index contributed by atoms with van der Waals surface area (Å²) in [6.45, 7) is 4.27. The molecule has 0 saturated carbocycles. The molecule has 0 saturated heterocycles. The van der Waals surface area contributed by atoms with Gasteiger partial charge in [0.15, 0.2) is 5.82 Å². The van der Waals surface area contributed by atoms with Crippen molar-refractivity contribution < 1.29 is 0 Å². The number of anilines is 2. The third-order valence-electron chi connectivity index (χ3n) is 2.43. The Balaban J connectivity index is 3.16. The van der Waals surface area contributed by atoms with E-state index < -0.39 is 0 Å². The Hall–Kier alpha value is -1.32. The quantitative estimate of drug-likeness (QED) is 0.828. The van der Waals surface area contributed by atoms with Gasteiger partial charge in [0, 0.05) is 20.5 Å². The van der Waals surface area contributed by atoms with Gasteiger partial charge in [0.25, 0.3) is 0 Å². The van der Waals surface area contributed by atoms with E-state index in [1.54, 1.807) is 0 Å². The van der Waals surface area contributed by atoms with Gasteiger partial charge >= 0.3 is 0 Å². The van der Waals surface area contributed by atoms with Crippen molar-refractivity contribution in [2.24, 2.45) is 0 Å². The summed E-state index contributed by atoms with van der Waals surface area (Å²) < 4.78 is 0. The van der Waals surface area contributed by atoms with Crippen LogP contribution in [0, 0.1) is 0 Å². The number of aromatic nitrogens is 2. The molecule has 4 heteroatoms. The second-order valence-corrected chi connectivity index (χ2v) is 4.22. The van der Waals surface area contributed by atoms with Gasteiger partial charge in [-0.05, 0) is 12.8 Å². The standard InChI is InChI=1S/C12H22N4/c1-5-7-9-11(13)12(16(3)4)15-10(14-9)8-6-2/h5-8,13H2,1-4H3. The van der Waals surface area contributed by atoms with Crippen LogP contribution in [0.25, 0.3) is 0 Å². The second kappa shape index (κ2) is 5.68. The molecule has 4 nitrogen and oxygen atoms in total. The summed E-state index contributed by atoms with van der Waals surface area (Å²) in [5.41, 5.74) is 7.79. The Morgan fingerprint density at radius 3 is 2.19 bits per heavy atom. The van der Waals surface area contributed by atoms with Crippen LogP contribution in [0.2, 0.25) is 0 Å². The van der Waals surface area contributed by atoms with Crippen molar-refractivity contribution in [1.29, 1.82) is 0 Å². The Labute approximate surface area is 97.9 Å². The molecule has 1 aromatic rings. The summed E-state index contributed by atoms with van der Waals surface area (Å²) in [5, 5.41) is 0. The minimum atomic E-state index is 0.728. The van der Waals surface area contributed by atoms with Gasteiger partial charge in [-0.1, -0.05) is 20.3 Å². The maximum atomic E-state index is 6.07. The third kappa shape index (κ3) is 2.84. The van der Waals surface area contributed by atoms with Crippen molar-refractivity contribution in [2.75, 3.05) is 24.7 Å². The van der Waals surface area contributed by atoms with Crippen LogP contribution in [0.3, 0.4) is 0 Å². The van der Waals surface area contributed by atoms with E-state index in [0.29, 0.717) is 0 Å². The minimum absolute atomic E-state index is 0.728. The number of nitrogens with two attached hydrogens (primary N) is 1. The number of hydrogen-bond donors (Lipinski definition) is 1. The highest BCUT2D eigenvalue weighted by atomic mass is 15.2. The van der Waals surface area contributed by atoms with Gasteiger partial charge in [-0.3, -0.25) is 0 Å². The van der Waals surface area contributed by atoms with Gasteiger partial charge in [-0.15, -0.1) is 0 Å². The molecule has 16 heavy (non-hydrogen) atoms. The molecule has 0 radical (unpaired) electrons. The SMILES string of the molecule is CCCc1nc(CCC)c(N)c(N(C)C)n1. The first-order valence-corrected chi connectivity index (χ1v) is 5.92. The lowest BCUT2D eigenvalue weighted by molar-refractivity contribution is 0.792. The molecule has 0 aliphatic heterocycles. The lowest BCUT2D eigenvalue weighted by atomic mass is 10.2. The summed E-state index contributed by atoms with van der Waals surface area (Å²) in [5.74, 6) is 1.76. The van der Waals surface area contributed by atoms with E-state index in [2.05, 4.69) is 23.8 Å². The Bertz CT molecular complexity index is 347. The highest BCUT2D eigenvalue weighted by Gasteiger charge is 2.12. The van der Waals surface area contributed by atoms with Crippen molar-refractivity contribution >= 4 is 11.5 Å². The van der Waals surface area contributed by atoms with E-state index in [9.17, 15) is 0 Å². The first kappa shape index (κ1) is 12.7. The van der Waals surface area contributed by atoms with E-state index in [0.717, 1.165) is 48.7 Å². The zero-order valence-corrected chi connectivity index (χ0v) is 10.7. The molecule has 0 unspecified atom stereocenters. The number of nitrogens with zero attached hydrogens (tertiary/aromatic N) is 3. The van der Waals surface area contributed by atoms with Gasteiger partial charge < -0.3 is 10.6 Å². The lowest BCUT2D eigenvalue weighted by Crippen LogP contribution is -2.17. The van der Waals surface area contributed by atoms with Crippen LogP contribution in [-0.4, -0.2) is 24.1 Å². The second-order valence-electron chi connectivity index (χ2n) is 4.22. The maximum absolute atomic E-state index is 6.07. The van der Waals surface area contributed by atoms with Crippen LogP contribution >= 0.6 is 0 Å². The van der Waals surface area contributed by atoms with Gasteiger partial charge in [-0.25, -0.2) is 9.97 Å². The van der Waals surface area contributed by atoms with Gasteiger partial charge in [0.2, 0.25) is 0 Å². The number of aryl methyl sites for hydroxylation is 2. The molecule has 0 aliphatic rings. The van der Waals surface area contributed by atoms with Gasteiger partial charge in [0.05, 0.1) is 11.4 Å². The van der Waals surface area contributed by atoms with Crippen molar-refractivity contribution in [1.82, 2.24) is 9.97 Å². The molecular weight excluding hydrogens is 200 g/mol. The minimum Gasteiger partial charge on any atom is -0.394 e. The average Bonchev–Trinajstić information content (AvgIpc) is 2.23. The topological polar surface area (TPSA) is 55.0 Å². The Morgan fingerprint density at radius 2 is 1.69 bits per heavy atom. The van der Waals surface area contributed by atoms with Crippen LogP contribution < -0.4 is 10.6 Å². The molecule has 1 heterocycles. The molecule has 0 atom stereocenters. The third-order valence-corrected chi connectivity index (χ3v) is 2.43. The molecule has 0 bridgehead atoms. The van der Waals surface area contributed by atoms with Crippen molar-refractivity contribution in [3.05, 3.63) is 11.5 Å². The molecule has 2 N–H and O–H groups in total. The number of nitrogen functional groups attached to an aromatic ring is 1. The summed E-state index contributed by atoms with van der Waals surface area (Å²) in [4.78, 5) is 11.0. The van der Waals surface area contributed by atoms with Crippen LogP contribution in [0.1, 0.15) is 38.2 Å². The van der Waals surface area contributed by atoms with Crippen LogP contribution in [-0.2, 0) is 12.8 Å². The van der Waals surface area contributed by atoms with Crippen LogP contribution in [0.5, 0.6) is 0 Å². The van der Waals surface area contributed by atoms with Crippen LogP contribution in [0.4, 0.5) is 11.5 Å². The summed E-state index contributed by atoms with van der Waals surface area (Å²) in [6, 6.07) is 0. The predicted octanol–water partition coefficient (Wildman–Crippen LogP) is 2.03. The molecule has 0 spiro atoms. The predicted molar refractivity (Wildman–Crippen MR) is 68.8 cm³/mol. The highest BCUT2D eigenvalue weighted by Crippen LogP contribution is 2.23. The van der Waals surface area contributed by atoms with Crippen molar-refractivity contribution in [3.63, 3.8) is 0 Å². The fraction of sp³-hybridized carbons (Fsp3) is 0.667. The van der Waals surface area contributed by atoms with Gasteiger partial charge in [-0.2, -0.15) is 0 Å². The first-order chi connectivity index (χ1) is 7.60. The van der Waals surface area contributed by atoms with E-state index in [-0.39, 0.29) is 0 Å². The fourth-order valence-corrected chi connectivity index (χ4v) is 1.66. The Kier molecular flexibility index (Phi) is 4.52. The zero-order valence-electron chi connectivity index (χ0n) is 10.7. The van der Waals surface area contributed by atoms with E-state index in [4.69, 9.17) is 5.73 Å². The number of hydrogen-bond acceptors (Lipinski definition) is 4. The van der Waals surface area contributed by atoms with E-state index >= 15 is 0 Å². The molecule has 1 aromatic heterocycles. The normalized spacial score (nSPS) is 10.5. The molecule has 0 amide bonds. The van der Waals surface area contributed by atoms with E-state index in [1.807, 2.05) is 19.0 Å². The van der Waals surface area contributed by atoms with Crippen molar-refractivity contribution in [2.45, 2.75) is 39.5 Å². The largest absolute Gasteiger partial charge is 0.394 e. The summed E-state index contributed by atoms with van der Waals surface area (Å²) in [6.07, 6.45) is 3.95. The molecular formula is C12H22N4. The zero-order chi connectivity index (χ0) is 12.1. The fourth-order valence-electron chi connectivity index (χ4n) is 1.66. The first-order valence-electron chi connectivity index (χ1n) is 5.92. The number of rotatable bonds is 5. The molecule has 0 aromatic carbocycles. The smallest absolute Gasteiger partial charge is 0.155 e. The molecule has 90 valence electrons. The van der Waals surface area contributed by atoms with E-state index in [1.165, 1.54) is 0 Å².